The van der Waals surface area contributed by atoms with Crippen LogP contribution in [0.1, 0.15) is 24.2 Å². The molecule has 0 fully saturated rings. The number of aryl methyl sites for hydroxylation is 2. The van der Waals surface area contributed by atoms with Gasteiger partial charge in [-0.2, -0.15) is 5.10 Å². The van der Waals surface area contributed by atoms with Gasteiger partial charge in [0.25, 0.3) is 0 Å². The summed E-state index contributed by atoms with van der Waals surface area (Å²) in [4.78, 5) is 0. The maximum Gasteiger partial charge on any atom is 0.143 e. The van der Waals surface area contributed by atoms with Crippen LogP contribution in [0.25, 0.3) is 5.69 Å². The molecule has 0 amide bonds. The summed E-state index contributed by atoms with van der Waals surface area (Å²) in [7, 11) is 1.93. The van der Waals surface area contributed by atoms with E-state index in [1.807, 2.05) is 49.1 Å². The summed E-state index contributed by atoms with van der Waals surface area (Å²) in [6.45, 7) is 4.15. The van der Waals surface area contributed by atoms with Crippen molar-refractivity contribution in [2.24, 2.45) is 7.05 Å². The Hall–Kier alpha value is -2.70. The highest BCUT2D eigenvalue weighted by Crippen LogP contribution is 2.22. The maximum atomic E-state index is 4.37. The molecule has 0 radical (unpaired) electrons. The summed E-state index contributed by atoms with van der Waals surface area (Å²) >= 11 is 0. The number of aromatic nitrogens is 6. The fraction of sp³-hybridized carbons (Fsp3) is 0.286. The van der Waals surface area contributed by atoms with Gasteiger partial charge < -0.3 is 5.32 Å². The van der Waals surface area contributed by atoms with Gasteiger partial charge in [0.1, 0.15) is 6.33 Å². The van der Waals surface area contributed by atoms with Crippen molar-refractivity contribution < 1.29 is 0 Å². The lowest BCUT2D eigenvalue weighted by atomic mass is 10.1. The zero-order chi connectivity index (χ0) is 14.8. The van der Waals surface area contributed by atoms with Crippen molar-refractivity contribution in [3.8, 4) is 5.69 Å². The summed E-state index contributed by atoms with van der Waals surface area (Å²) in [5.41, 5.74) is 4.21. The van der Waals surface area contributed by atoms with Crippen molar-refractivity contribution in [3.63, 3.8) is 0 Å². The smallest absolute Gasteiger partial charge is 0.143 e. The Bertz CT molecular complexity index is 712. The van der Waals surface area contributed by atoms with Crippen LogP contribution in [-0.2, 0) is 7.05 Å². The van der Waals surface area contributed by atoms with Crippen LogP contribution in [0, 0.1) is 6.92 Å². The van der Waals surface area contributed by atoms with Crippen LogP contribution in [0.15, 0.2) is 36.8 Å². The third kappa shape index (κ3) is 2.76. The molecule has 3 rings (SSSR count). The molecular formula is C14H17N7. The molecular weight excluding hydrogens is 266 g/mol. The highest BCUT2D eigenvalue weighted by Gasteiger charge is 2.11. The number of rotatable bonds is 4. The van der Waals surface area contributed by atoms with E-state index in [2.05, 4.69) is 32.9 Å². The van der Waals surface area contributed by atoms with E-state index in [0.29, 0.717) is 0 Å². The predicted molar refractivity (Wildman–Crippen MR) is 79.1 cm³/mol. The molecule has 0 saturated heterocycles. The van der Waals surface area contributed by atoms with Gasteiger partial charge in [-0.25, -0.2) is 4.68 Å². The Balaban J connectivity index is 1.74. The van der Waals surface area contributed by atoms with Crippen LogP contribution in [0.4, 0.5) is 5.69 Å². The van der Waals surface area contributed by atoms with E-state index in [-0.39, 0.29) is 6.04 Å². The van der Waals surface area contributed by atoms with Crippen LogP contribution in [0.2, 0.25) is 0 Å². The molecule has 1 unspecified atom stereocenters. The Morgan fingerprint density at radius 2 is 1.95 bits per heavy atom. The van der Waals surface area contributed by atoms with Crippen LogP contribution in [0.3, 0.4) is 0 Å². The quantitative estimate of drug-likeness (QED) is 0.791. The maximum absolute atomic E-state index is 4.37. The van der Waals surface area contributed by atoms with Crippen LogP contribution < -0.4 is 5.32 Å². The van der Waals surface area contributed by atoms with Gasteiger partial charge in [0.05, 0.1) is 17.4 Å². The zero-order valence-electron chi connectivity index (χ0n) is 12.2. The first-order valence-corrected chi connectivity index (χ1v) is 6.73. The minimum Gasteiger partial charge on any atom is -0.378 e. The summed E-state index contributed by atoms with van der Waals surface area (Å²) in [6, 6.07) is 8.17. The first-order valence-electron chi connectivity index (χ1n) is 6.73. The van der Waals surface area contributed by atoms with E-state index in [4.69, 9.17) is 0 Å². The fourth-order valence-corrected chi connectivity index (χ4v) is 2.36. The number of tetrazole rings is 1. The molecule has 0 aliphatic rings. The second-order valence-electron chi connectivity index (χ2n) is 5.01. The topological polar surface area (TPSA) is 73.5 Å². The molecule has 1 atom stereocenters. The number of hydrogen-bond acceptors (Lipinski definition) is 5. The summed E-state index contributed by atoms with van der Waals surface area (Å²) in [5, 5.41) is 19.0. The molecule has 0 spiro atoms. The second kappa shape index (κ2) is 5.35. The molecule has 0 saturated carbocycles. The highest BCUT2D eigenvalue weighted by atomic mass is 15.5. The van der Waals surface area contributed by atoms with E-state index >= 15 is 0 Å². The van der Waals surface area contributed by atoms with Gasteiger partial charge >= 0.3 is 0 Å². The van der Waals surface area contributed by atoms with Crippen LogP contribution in [0.5, 0.6) is 0 Å². The minimum atomic E-state index is 0.192. The van der Waals surface area contributed by atoms with E-state index in [9.17, 15) is 0 Å². The number of nitrogens with one attached hydrogen (secondary N) is 1. The average Bonchev–Trinajstić information content (AvgIpc) is 3.09. The van der Waals surface area contributed by atoms with Gasteiger partial charge in [-0.1, -0.05) is 0 Å². The Kier molecular flexibility index (Phi) is 3.39. The summed E-state index contributed by atoms with van der Waals surface area (Å²) < 4.78 is 3.46. The first kappa shape index (κ1) is 13.3. The van der Waals surface area contributed by atoms with E-state index in [0.717, 1.165) is 17.1 Å². The van der Waals surface area contributed by atoms with Crippen molar-refractivity contribution in [3.05, 3.63) is 48.0 Å². The van der Waals surface area contributed by atoms with E-state index in [1.165, 1.54) is 5.56 Å². The Morgan fingerprint density at radius 3 is 2.52 bits per heavy atom. The third-order valence-corrected chi connectivity index (χ3v) is 3.38. The number of nitrogens with zero attached hydrogens (tertiary/aromatic N) is 6. The fourth-order valence-electron chi connectivity index (χ4n) is 2.36. The van der Waals surface area contributed by atoms with Crippen molar-refractivity contribution >= 4 is 5.69 Å². The Morgan fingerprint density at radius 1 is 1.19 bits per heavy atom. The predicted octanol–water partition coefficient (Wildman–Crippen LogP) is 1.88. The van der Waals surface area contributed by atoms with Crippen molar-refractivity contribution in [2.75, 3.05) is 5.32 Å². The van der Waals surface area contributed by atoms with Crippen molar-refractivity contribution in [1.29, 1.82) is 0 Å². The molecule has 1 N–H and O–H groups in total. The SMILES string of the molecule is Cc1nn(C)cc1C(C)Nc1ccc(-n2cnnn2)cc1. The summed E-state index contributed by atoms with van der Waals surface area (Å²) in [5.74, 6) is 0. The number of hydrogen-bond donors (Lipinski definition) is 1. The molecule has 7 heteroatoms. The summed E-state index contributed by atoms with van der Waals surface area (Å²) in [6.07, 6.45) is 3.62. The monoisotopic (exact) mass is 283 g/mol. The van der Waals surface area contributed by atoms with Crippen LogP contribution in [-0.4, -0.2) is 30.0 Å². The van der Waals surface area contributed by atoms with E-state index in [1.54, 1.807) is 11.0 Å². The molecule has 0 bridgehead atoms. The largest absolute Gasteiger partial charge is 0.378 e. The highest BCUT2D eigenvalue weighted by molar-refractivity contribution is 5.49. The van der Waals surface area contributed by atoms with Gasteiger partial charge in [0.15, 0.2) is 0 Å². The van der Waals surface area contributed by atoms with E-state index < -0.39 is 0 Å². The van der Waals surface area contributed by atoms with Gasteiger partial charge in [-0.05, 0) is 48.5 Å². The molecule has 1 aromatic carbocycles. The molecule has 108 valence electrons. The third-order valence-electron chi connectivity index (χ3n) is 3.38. The molecule has 21 heavy (non-hydrogen) atoms. The normalized spacial score (nSPS) is 12.3. The lowest BCUT2D eigenvalue weighted by Crippen LogP contribution is -2.07. The lowest BCUT2D eigenvalue weighted by molar-refractivity contribution is 0.756. The van der Waals surface area contributed by atoms with Crippen LogP contribution >= 0.6 is 0 Å². The van der Waals surface area contributed by atoms with Gasteiger partial charge in [0, 0.05) is 24.5 Å². The standard InChI is InChI=1S/C14H17N7/c1-10(14-8-20(3)17-11(14)2)16-12-4-6-13(7-5-12)21-9-15-18-19-21/h4-10,16H,1-3H3. The average molecular weight is 283 g/mol. The van der Waals surface area contributed by atoms with Crippen molar-refractivity contribution in [1.82, 2.24) is 30.0 Å². The molecule has 2 heterocycles. The minimum absolute atomic E-state index is 0.192. The number of anilines is 1. The molecule has 2 aromatic heterocycles. The lowest BCUT2D eigenvalue weighted by Gasteiger charge is -2.15. The first-order chi connectivity index (χ1) is 10.1. The van der Waals surface area contributed by atoms with Gasteiger partial charge in [-0.15, -0.1) is 5.10 Å². The number of benzene rings is 1. The molecule has 7 nitrogen and oxygen atoms in total. The second-order valence-corrected chi connectivity index (χ2v) is 5.01. The Labute approximate surface area is 122 Å². The van der Waals surface area contributed by atoms with Gasteiger partial charge in [-0.3, -0.25) is 4.68 Å². The molecule has 0 aliphatic heterocycles. The van der Waals surface area contributed by atoms with Crippen molar-refractivity contribution in [2.45, 2.75) is 19.9 Å². The molecule has 3 aromatic rings. The molecule has 0 aliphatic carbocycles. The van der Waals surface area contributed by atoms with Gasteiger partial charge in [0.2, 0.25) is 0 Å². The zero-order valence-corrected chi connectivity index (χ0v) is 12.2.